The zero-order valence-corrected chi connectivity index (χ0v) is 11.8. The van der Waals surface area contributed by atoms with Crippen LogP contribution in [0.2, 0.25) is 0 Å². The highest BCUT2D eigenvalue weighted by Gasteiger charge is 2.02. The van der Waals surface area contributed by atoms with Gasteiger partial charge in [0.15, 0.2) is 5.78 Å². The quantitative estimate of drug-likeness (QED) is 0.813. The monoisotopic (exact) mass is 269 g/mol. The molecule has 0 amide bonds. The highest BCUT2D eigenvalue weighted by molar-refractivity contribution is 5.94. The number of carbonyl (C=O) groups excluding carboxylic acids is 1. The summed E-state index contributed by atoms with van der Waals surface area (Å²) in [5, 5.41) is 3.36. The fraction of sp³-hybridized carbons (Fsp3) is 0.235. The predicted octanol–water partition coefficient (Wildman–Crippen LogP) is 3.65. The summed E-state index contributed by atoms with van der Waals surface area (Å²) in [7, 11) is 1.70. The van der Waals surface area contributed by atoms with Crippen molar-refractivity contribution in [3.63, 3.8) is 0 Å². The number of nitrogens with one attached hydrogen (secondary N) is 1. The van der Waals surface area contributed by atoms with E-state index in [1.165, 1.54) is 11.1 Å². The molecule has 0 aromatic heterocycles. The third-order valence-corrected chi connectivity index (χ3v) is 3.19. The maximum atomic E-state index is 11.2. The molecule has 0 aliphatic carbocycles. The van der Waals surface area contributed by atoms with Gasteiger partial charge in [-0.3, -0.25) is 4.79 Å². The Labute approximate surface area is 119 Å². The van der Waals surface area contributed by atoms with E-state index in [0.29, 0.717) is 6.61 Å². The average molecular weight is 269 g/mol. The standard InChI is InChI=1S/C17H19NO2/c1-13(19)14-7-9-17(10-8-14)18-11-15-5-3-4-6-16(15)12-20-2/h3-10,18H,11-12H2,1-2H3. The van der Waals surface area contributed by atoms with Crippen molar-refractivity contribution in [1.82, 2.24) is 0 Å². The van der Waals surface area contributed by atoms with E-state index in [9.17, 15) is 4.79 Å². The molecule has 0 heterocycles. The van der Waals surface area contributed by atoms with Crippen molar-refractivity contribution >= 4 is 11.5 Å². The fourth-order valence-electron chi connectivity index (χ4n) is 2.05. The molecule has 1 N–H and O–H groups in total. The highest BCUT2D eigenvalue weighted by Crippen LogP contribution is 2.14. The third-order valence-electron chi connectivity index (χ3n) is 3.19. The summed E-state index contributed by atoms with van der Waals surface area (Å²) in [5.74, 6) is 0.0852. The van der Waals surface area contributed by atoms with Gasteiger partial charge in [0.05, 0.1) is 6.61 Å². The van der Waals surface area contributed by atoms with Crippen LogP contribution in [0.4, 0.5) is 5.69 Å². The lowest BCUT2D eigenvalue weighted by Crippen LogP contribution is -2.04. The van der Waals surface area contributed by atoms with Gasteiger partial charge >= 0.3 is 0 Å². The van der Waals surface area contributed by atoms with E-state index in [0.717, 1.165) is 17.8 Å². The van der Waals surface area contributed by atoms with Crippen molar-refractivity contribution in [2.45, 2.75) is 20.1 Å². The topological polar surface area (TPSA) is 38.3 Å². The van der Waals surface area contributed by atoms with Crippen LogP contribution in [0.15, 0.2) is 48.5 Å². The first-order chi connectivity index (χ1) is 9.70. The smallest absolute Gasteiger partial charge is 0.159 e. The minimum absolute atomic E-state index is 0.0852. The van der Waals surface area contributed by atoms with Crippen molar-refractivity contribution in [1.29, 1.82) is 0 Å². The van der Waals surface area contributed by atoms with Gasteiger partial charge in [0.2, 0.25) is 0 Å². The Kier molecular flexibility index (Phi) is 4.91. The summed E-state index contributed by atoms with van der Waals surface area (Å²) in [4.78, 5) is 11.2. The van der Waals surface area contributed by atoms with Gasteiger partial charge in [0.1, 0.15) is 0 Å². The Morgan fingerprint density at radius 2 is 1.70 bits per heavy atom. The van der Waals surface area contributed by atoms with Gasteiger partial charge in [-0.2, -0.15) is 0 Å². The molecule has 0 atom stereocenters. The number of hydrogen-bond donors (Lipinski definition) is 1. The normalized spacial score (nSPS) is 10.3. The van der Waals surface area contributed by atoms with Crippen molar-refractivity contribution in [2.24, 2.45) is 0 Å². The average Bonchev–Trinajstić information content (AvgIpc) is 2.47. The van der Waals surface area contributed by atoms with E-state index in [1.807, 2.05) is 36.4 Å². The molecule has 2 aromatic rings. The maximum Gasteiger partial charge on any atom is 0.159 e. The molecule has 3 heteroatoms. The number of ether oxygens (including phenoxy) is 1. The first-order valence-corrected chi connectivity index (χ1v) is 6.61. The summed E-state index contributed by atoms with van der Waals surface area (Å²) < 4.78 is 5.20. The Morgan fingerprint density at radius 3 is 2.30 bits per heavy atom. The van der Waals surface area contributed by atoms with E-state index < -0.39 is 0 Å². The molecule has 0 saturated heterocycles. The number of Topliss-reactive ketones (excluding diaryl/α,β-unsaturated/α-hetero) is 1. The predicted molar refractivity (Wildman–Crippen MR) is 80.9 cm³/mol. The Bertz CT molecular complexity index is 576. The van der Waals surface area contributed by atoms with Gasteiger partial charge in [-0.05, 0) is 42.3 Å². The van der Waals surface area contributed by atoms with Gasteiger partial charge in [0.25, 0.3) is 0 Å². The molecule has 0 unspecified atom stereocenters. The third kappa shape index (κ3) is 3.68. The molecule has 0 spiro atoms. The van der Waals surface area contributed by atoms with E-state index in [4.69, 9.17) is 4.74 Å². The van der Waals surface area contributed by atoms with Crippen molar-refractivity contribution in [3.8, 4) is 0 Å². The Hall–Kier alpha value is -2.13. The van der Waals surface area contributed by atoms with E-state index >= 15 is 0 Å². The molecule has 2 aromatic carbocycles. The number of methoxy groups -OCH3 is 1. The largest absolute Gasteiger partial charge is 0.381 e. The molecule has 3 nitrogen and oxygen atoms in total. The van der Waals surface area contributed by atoms with Crippen LogP contribution in [0, 0.1) is 0 Å². The number of ketones is 1. The molecule has 104 valence electrons. The maximum absolute atomic E-state index is 11.2. The second-order valence-electron chi connectivity index (χ2n) is 4.69. The minimum atomic E-state index is 0.0852. The molecule has 0 fully saturated rings. The van der Waals surface area contributed by atoms with Gasteiger partial charge in [-0.15, -0.1) is 0 Å². The molecule has 20 heavy (non-hydrogen) atoms. The van der Waals surface area contributed by atoms with Gasteiger partial charge in [0, 0.05) is 24.9 Å². The molecule has 0 aliphatic heterocycles. The Morgan fingerprint density at radius 1 is 1.05 bits per heavy atom. The molecule has 0 bridgehead atoms. The zero-order chi connectivity index (χ0) is 14.4. The molecular formula is C17H19NO2. The van der Waals surface area contributed by atoms with E-state index in [1.54, 1.807) is 14.0 Å². The first-order valence-electron chi connectivity index (χ1n) is 6.61. The molecule has 0 radical (unpaired) electrons. The van der Waals surface area contributed by atoms with Crippen LogP contribution in [0.25, 0.3) is 0 Å². The molecular weight excluding hydrogens is 250 g/mol. The number of hydrogen-bond acceptors (Lipinski definition) is 3. The van der Waals surface area contributed by atoms with E-state index in [-0.39, 0.29) is 5.78 Å². The number of benzene rings is 2. The summed E-state index contributed by atoms with van der Waals surface area (Å²) in [6.07, 6.45) is 0. The number of anilines is 1. The summed E-state index contributed by atoms with van der Waals surface area (Å²) in [6.45, 7) is 2.92. The molecule has 0 saturated carbocycles. The van der Waals surface area contributed by atoms with Crippen LogP contribution < -0.4 is 5.32 Å². The molecule has 2 rings (SSSR count). The van der Waals surface area contributed by atoms with Crippen LogP contribution in [0.3, 0.4) is 0 Å². The summed E-state index contributed by atoms with van der Waals surface area (Å²) in [6, 6.07) is 15.7. The van der Waals surface area contributed by atoms with E-state index in [2.05, 4.69) is 17.4 Å². The van der Waals surface area contributed by atoms with Crippen molar-refractivity contribution < 1.29 is 9.53 Å². The SMILES string of the molecule is COCc1ccccc1CNc1ccc(C(C)=O)cc1. The second-order valence-corrected chi connectivity index (χ2v) is 4.69. The Balaban J connectivity index is 2.03. The van der Waals surface area contributed by atoms with Crippen LogP contribution in [0.5, 0.6) is 0 Å². The number of rotatable bonds is 6. The lowest BCUT2D eigenvalue weighted by Gasteiger charge is -2.11. The second kappa shape index (κ2) is 6.87. The van der Waals surface area contributed by atoms with Gasteiger partial charge in [-0.1, -0.05) is 24.3 Å². The van der Waals surface area contributed by atoms with Crippen molar-refractivity contribution in [2.75, 3.05) is 12.4 Å². The van der Waals surface area contributed by atoms with Crippen LogP contribution in [-0.2, 0) is 17.9 Å². The lowest BCUT2D eigenvalue weighted by atomic mass is 10.1. The highest BCUT2D eigenvalue weighted by atomic mass is 16.5. The van der Waals surface area contributed by atoms with Gasteiger partial charge < -0.3 is 10.1 Å². The summed E-state index contributed by atoms with van der Waals surface area (Å²) >= 11 is 0. The van der Waals surface area contributed by atoms with Crippen molar-refractivity contribution in [3.05, 3.63) is 65.2 Å². The first kappa shape index (κ1) is 14.3. The fourth-order valence-corrected chi connectivity index (χ4v) is 2.05. The van der Waals surface area contributed by atoms with Crippen LogP contribution >= 0.6 is 0 Å². The van der Waals surface area contributed by atoms with Crippen LogP contribution in [-0.4, -0.2) is 12.9 Å². The summed E-state index contributed by atoms with van der Waals surface area (Å²) in [5.41, 5.74) is 4.13. The minimum Gasteiger partial charge on any atom is -0.381 e. The molecule has 0 aliphatic rings. The zero-order valence-electron chi connectivity index (χ0n) is 11.8. The lowest BCUT2D eigenvalue weighted by molar-refractivity contribution is 0.101. The van der Waals surface area contributed by atoms with Crippen LogP contribution in [0.1, 0.15) is 28.4 Å². The van der Waals surface area contributed by atoms with Gasteiger partial charge in [-0.25, -0.2) is 0 Å². The number of carbonyl (C=O) groups is 1.